The van der Waals surface area contributed by atoms with Crippen LogP contribution in [0, 0.1) is 11.7 Å². The lowest BCUT2D eigenvalue weighted by molar-refractivity contribution is 0.0808. The smallest absolute Gasteiger partial charge is 0.165 e. The van der Waals surface area contributed by atoms with E-state index in [1.807, 2.05) is 0 Å². The number of rotatable bonds is 6. The molecule has 1 heterocycles. The van der Waals surface area contributed by atoms with Gasteiger partial charge in [0.15, 0.2) is 11.6 Å². The predicted molar refractivity (Wildman–Crippen MR) is 69.6 cm³/mol. The molecule has 0 radical (unpaired) electrons. The topological polar surface area (TPSA) is 53.7 Å². The minimum Gasteiger partial charge on any atom is -0.494 e. The molecule has 1 saturated heterocycles. The van der Waals surface area contributed by atoms with Crippen molar-refractivity contribution in [3.63, 3.8) is 0 Å². The number of halogens is 1. The van der Waals surface area contributed by atoms with Crippen molar-refractivity contribution in [2.45, 2.75) is 12.5 Å². The van der Waals surface area contributed by atoms with Gasteiger partial charge in [-0.2, -0.15) is 0 Å². The van der Waals surface area contributed by atoms with Gasteiger partial charge in [-0.05, 0) is 24.1 Å². The Kier molecular flexibility index (Phi) is 5.13. The summed E-state index contributed by atoms with van der Waals surface area (Å²) in [6.45, 7) is 2.59. The van der Waals surface area contributed by atoms with E-state index in [1.165, 1.54) is 13.2 Å². The second kappa shape index (κ2) is 6.84. The highest BCUT2D eigenvalue weighted by atomic mass is 19.1. The van der Waals surface area contributed by atoms with Crippen LogP contribution in [0.2, 0.25) is 0 Å². The lowest BCUT2D eigenvalue weighted by Gasteiger charge is -2.15. The van der Waals surface area contributed by atoms with Crippen molar-refractivity contribution in [1.82, 2.24) is 0 Å². The van der Waals surface area contributed by atoms with Gasteiger partial charge in [-0.3, -0.25) is 0 Å². The fourth-order valence-corrected chi connectivity index (χ4v) is 2.09. The molecule has 106 valence electrons. The summed E-state index contributed by atoms with van der Waals surface area (Å²) in [7, 11) is 1.44. The highest BCUT2D eigenvalue weighted by Crippen LogP contribution is 2.21. The van der Waals surface area contributed by atoms with Crippen molar-refractivity contribution in [3.05, 3.63) is 29.6 Å². The summed E-state index contributed by atoms with van der Waals surface area (Å²) in [6.07, 6.45) is 1.03. The molecule has 4 nitrogen and oxygen atoms in total. The molecule has 0 spiro atoms. The Morgan fingerprint density at radius 1 is 1.53 bits per heavy atom. The Hall–Kier alpha value is -1.17. The molecule has 0 aromatic heterocycles. The monoisotopic (exact) mass is 269 g/mol. The first-order valence-electron chi connectivity index (χ1n) is 6.45. The van der Waals surface area contributed by atoms with Crippen LogP contribution in [0.3, 0.4) is 0 Å². The van der Waals surface area contributed by atoms with E-state index in [0.29, 0.717) is 24.7 Å². The van der Waals surface area contributed by atoms with Gasteiger partial charge in [0.25, 0.3) is 0 Å². The minimum atomic E-state index is -0.403. The molecule has 2 rings (SSSR count). The van der Waals surface area contributed by atoms with Crippen molar-refractivity contribution in [2.24, 2.45) is 11.7 Å². The summed E-state index contributed by atoms with van der Waals surface area (Å²) in [6, 6.07) is 4.40. The van der Waals surface area contributed by atoms with E-state index in [2.05, 4.69) is 0 Å². The van der Waals surface area contributed by atoms with Gasteiger partial charge in [0.05, 0.1) is 33.0 Å². The zero-order valence-corrected chi connectivity index (χ0v) is 11.1. The van der Waals surface area contributed by atoms with Gasteiger partial charge < -0.3 is 19.9 Å². The van der Waals surface area contributed by atoms with E-state index in [-0.39, 0.29) is 11.8 Å². The molecule has 0 amide bonds. The van der Waals surface area contributed by atoms with Crippen LogP contribution in [-0.4, -0.2) is 33.5 Å². The van der Waals surface area contributed by atoms with Gasteiger partial charge in [0.2, 0.25) is 0 Å². The summed E-state index contributed by atoms with van der Waals surface area (Å²) in [4.78, 5) is 0. The standard InChI is InChI=1S/C14H20FNO3/c1-17-14-3-2-11(6-12(14)15)13(16)9-19-8-10-4-5-18-7-10/h2-3,6,10,13H,4-5,7-9,16H2,1H3. The Balaban J connectivity index is 1.81. The van der Waals surface area contributed by atoms with Gasteiger partial charge in [-0.15, -0.1) is 0 Å². The number of hydrogen-bond donors (Lipinski definition) is 1. The number of methoxy groups -OCH3 is 1. The maximum Gasteiger partial charge on any atom is 0.165 e. The van der Waals surface area contributed by atoms with Crippen molar-refractivity contribution >= 4 is 0 Å². The quantitative estimate of drug-likeness (QED) is 0.857. The van der Waals surface area contributed by atoms with Crippen LogP contribution in [0.25, 0.3) is 0 Å². The number of nitrogens with two attached hydrogens (primary N) is 1. The molecule has 19 heavy (non-hydrogen) atoms. The van der Waals surface area contributed by atoms with E-state index < -0.39 is 5.82 Å². The minimum absolute atomic E-state index is 0.222. The van der Waals surface area contributed by atoms with E-state index in [4.69, 9.17) is 19.9 Å². The van der Waals surface area contributed by atoms with Gasteiger partial charge in [-0.1, -0.05) is 6.07 Å². The van der Waals surface area contributed by atoms with Crippen LogP contribution >= 0.6 is 0 Å². The lowest BCUT2D eigenvalue weighted by Crippen LogP contribution is -2.20. The Bertz CT molecular complexity index is 408. The zero-order chi connectivity index (χ0) is 13.7. The van der Waals surface area contributed by atoms with E-state index in [0.717, 1.165) is 19.6 Å². The summed E-state index contributed by atoms with van der Waals surface area (Å²) in [5.74, 6) is 0.277. The SMILES string of the molecule is COc1ccc(C(N)COCC2CCOC2)cc1F. The molecular formula is C14H20FNO3. The molecule has 1 fully saturated rings. The second-order valence-electron chi connectivity index (χ2n) is 4.77. The molecule has 1 aromatic carbocycles. The third-order valence-electron chi connectivity index (χ3n) is 3.28. The molecule has 1 aromatic rings. The zero-order valence-electron chi connectivity index (χ0n) is 11.1. The van der Waals surface area contributed by atoms with Crippen LogP contribution < -0.4 is 10.5 Å². The first-order chi connectivity index (χ1) is 9.20. The Morgan fingerprint density at radius 2 is 2.37 bits per heavy atom. The van der Waals surface area contributed by atoms with Crippen molar-refractivity contribution in [3.8, 4) is 5.75 Å². The molecule has 1 aliphatic rings. The molecule has 2 N–H and O–H groups in total. The normalized spacial score (nSPS) is 20.5. The van der Waals surface area contributed by atoms with E-state index in [1.54, 1.807) is 12.1 Å². The fraction of sp³-hybridized carbons (Fsp3) is 0.571. The van der Waals surface area contributed by atoms with Crippen LogP contribution in [0.15, 0.2) is 18.2 Å². The average Bonchev–Trinajstić information content (AvgIpc) is 2.91. The highest BCUT2D eigenvalue weighted by molar-refractivity contribution is 5.30. The van der Waals surface area contributed by atoms with Crippen LogP contribution in [0.1, 0.15) is 18.0 Å². The van der Waals surface area contributed by atoms with E-state index in [9.17, 15) is 4.39 Å². The lowest BCUT2D eigenvalue weighted by atomic mass is 10.1. The van der Waals surface area contributed by atoms with E-state index >= 15 is 0 Å². The fourth-order valence-electron chi connectivity index (χ4n) is 2.09. The largest absolute Gasteiger partial charge is 0.494 e. The molecular weight excluding hydrogens is 249 g/mol. The third kappa shape index (κ3) is 3.89. The Labute approximate surface area is 112 Å². The molecule has 0 aliphatic carbocycles. The molecule has 2 unspecified atom stereocenters. The predicted octanol–water partition coefficient (Wildman–Crippen LogP) is 1.89. The van der Waals surface area contributed by atoms with Crippen molar-refractivity contribution < 1.29 is 18.6 Å². The first kappa shape index (κ1) is 14.2. The Morgan fingerprint density at radius 3 is 3.00 bits per heavy atom. The van der Waals surface area contributed by atoms with Gasteiger partial charge >= 0.3 is 0 Å². The van der Waals surface area contributed by atoms with Crippen molar-refractivity contribution in [1.29, 1.82) is 0 Å². The number of ether oxygens (including phenoxy) is 3. The summed E-state index contributed by atoms with van der Waals surface area (Å²) < 4.78 is 29.2. The molecule has 5 heteroatoms. The maximum atomic E-state index is 13.5. The van der Waals surface area contributed by atoms with Crippen LogP contribution in [0.5, 0.6) is 5.75 Å². The number of hydrogen-bond acceptors (Lipinski definition) is 4. The average molecular weight is 269 g/mol. The van der Waals surface area contributed by atoms with Crippen molar-refractivity contribution in [2.75, 3.05) is 33.5 Å². The van der Waals surface area contributed by atoms with Crippen LogP contribution in [0.4, 0.5) is 4.39 Å². The molecule has 0 bridgehead atoms. The third-order valence-corrected chi connectivity index (χ3v) is 3.28. The summed E-state index contributed by atoms with van der Waals surface area (Å²) in [5, 5.41) is 0. The number of benzene rings is 1. The molecule has 2 atom stereocenters. The highest BCUT2D eigenvalue weighted by Gasteiger charge is 2.16. The van der Waals surface area contributed by atoms with Crippen LogP contribution in [-0.2, 0) is 9.47 Å². The maximum absolute atomic E-state index is 13.5. The van der Waals surface area contributed by atoms with Gasteiger partial charge in [0.1, 0.15) is 0 Å². The van der Waals surface area contributed by atoms with Gasteiger partial charge in [0, 0.05) is 12.5 Å². The summed E-state index contributed by atoms with van der Waals surface area (Å²) >= 11 is 0. The second-order valence-corrected chi connectivity index (χ2v) is 4.77. The first-order valence-corrected chi connectivity index (χ1v) is 6.45. The van der Waals surface area contributed by atoms with Gasteiger partial charge in [-0.25, -0.2) is 4.39 Å². The molecule has 0 saturated carbocycles. The molecule has 1 aliphatic heterocycles. The summed E-state index contributed by atoms with van der Waals surface area (Å²) in [5.41, 5.74) is 6.69.